The SMILES string of the molecule is CCn1ncc(C(=O)NCC(O)CC(C)C)c1C(F)(F)F. The van der Waals surface area contributed by atoms with E-state index in [1.54, 1.807) is 0 Å². The molecule has 0 spiro atoms. The van der Waals surface area contributed by atoms with Gasteiger partial charge in [-0.3, -0.25) is 9.48 Å². The molecule has 0 radical (unpaired) electrons. The van der Waals surface area contributed by atoms with Gasteiger partial charge in [0, 0.05) is 13.1 Å². The van der Waals surface area contributed by atoms with Crippen molar-refractivity contribution in [2.75, 3.05) is 6.54 Å². The van der Waals surface area contributed by atoms with Gasteiger partial charge >= 0.3 is 6.18 Å². The Bertz CT molecular complexity index is 483. The van der Waals surface area contributed by atoms with Gasteiger partial charge in [0.25, 0.3) is 5.91 Å². The van der Waals surface area contributed by atoms with Crippen LogP contribution in [0.1, 0.15) is 43.2 Å². The lowest BCUT2D eigenvalue weighted by Crippen LogP contribution is -2.34. The van der Waals surface area contributed by atoms with Gasteiger partial charge in [0.15, 0.2) is 5.69 Å². The van der Waals surface area contributed by atoms with Crippen molar-refractivity contribution in [3.8, 4) is 0 Å². The third kappa shape index (κ3) is 4.73. The average Bonchev–Trinajstić information content (AvgIpc) is 2.78. The molecule has 1 rings (SSSR count). The molecule has 8 heteroatoms. The molecular formula is C13H20F3N3O2. The first-order valence-corrected chi connectivity index (χ1v) is 6.76. The Morgan fingerprint density at radius 1 is 1.48 bits per heavy atom. The number of amides is 1. The molecule has 0 aliphatic rings. The van der Waals surface area contributed by atoms with Crippen LogP contribution in [-0.4, -0.2) is 33.4 Å². The number of alkyl halides is 3. The maximum absolute atomic E-state index is 13.0. The molecule has 2 N–H and O–H groups in total. The number of nitrogens with zero attached hydrogens (tertiary/aromatic N) is 2. The number of aryl methyl sites for hydroxylation is 1. The lowest BCUT2D eigenvalue weighted by molar-refractivity contribution is -0.144. The highest BCUT2D eigenvalue weighted by Crippen LogP contribution is 2.31. The predicted molar refractivity (Wildman–Crippen MR) is 70.7 cm³/mol. The normalized spacial score (nSPS) is 13.5. The molecule has 0 aromatic carbocycles. The number of halogens is 3. The Labute approximate surface area is 121 Å². The minimum Gasteiger partial charge on any atom is -0.391 e. The maximum Gasteiger partial charge on any atom is 0.433 e. The minimum absolute atomic E-state index is 0.0120. The van der Waals surface area contributed by atoms with Crippen molar-refractivity contribution in [1.29, 1.82) is 0 Å². The zero-order valence-electron chi connectivity index (χ0n) is 12.2. The van der Waals surface area contributed by atoms with Gasteiger partial charge in [0.1, 0.15) is 0 Å². The van der Waals surface area contributed by atoms with Gasteiger partial charge in [-0.15, -0.1) is 0 Å². The molecule has 0 aliphatic carbocycles. The van der Waals surface area contributed by atoms with Gasteiger partial charge in [-0.25, -0.2) is 0 Å². The van der Waals surface area contributed by atoms with Crippen LogP contribution in [0.3, 0.4) is 0 Å². The van der Waals surface area contributed by atoms with Crippen molar-refractivity contribution in [3.05, 3.63) is 17.5 Å². The topological polar surface area (TPSA) is 67.2 Å². The van der Waals surface area contributed by atoms with Gasteiger partial charge < -0.3 is 10.4 Å². The number of rotatable bonds is 6. The third-order valence-corrected chi connectivity index (χ3v) is 2.89. The Hall–Kier alpha value is -1.57. The van der Waals surface area contributed by atoms with E-state index >= 15 is 0 Å². The molecule has 1 unspecified atom stereocenters. The Morgan fingerprint density at radius 2 is 2.10 bits per heavy atom. The first kappa shape index (κ1) is 17.5. The van der Waals surface area contributed by atoms with E-state index in [2.05, 4.69) is 10.4 Å². The molecule has 0 fully saturated rings. The van der Waals surface area contributed by atoms with E-state index in [1.807, 2.05) is 13.8 Å². The zero-order chi connectivity index (χ0) is 16.2. The maximum atomic E-state index is 13.0. The fourth-order valence-electron chi connectivity index (χ4n) is 2.02. The van der Waals surface area contributed by atoms with E-state index in [4.69, 9.17) is 0 Å². The standard InChI is InChI=1S/C13H20F3N3O2/c1-4-19-11(13(14,15)16)10(7-18-19)12(21)17-6-9(20)5-8(2)3/h7-9,20H,4-6H2,1-3H3,(H,17,21). The van der Waals surface area contributed by atoms with Crippen LogP contribution < -0.4 is 5.32 Å². The van der Waals surface area contributed by atoms with Crippen LogP contribution in [0.2, 0.25) is 0 Å². The summed E-state index contributed by atoms with van der Waals surface area (Å²) in [5.41, 5.74) is -1.60. The van der Waals surface area contributed by atoms with Crippen molar-refractivity contribution in [2.45, 2.75) is 46.0 Å². The predicted octanol–water partition coefficient (Wildman–Crippen LogP) is 2.06. The van der Waals surface area contributed by atoms with Crippen molar-refractivity contribution in [1.82, 2.24) is 15.1 Å². The second-order valence-corrected chi connectivity index (χ2v) is 5.21. The van der Waals surface area contributed by atoms with Crippen molar-refractivity contribution in [2.24, 2.45) is 5.92 Å². The van der Waals surface area contributed by atoms with Gasteiger partial charge in [0.2, 0.25) is 0 Å². The van der Waals surface area contributed by atoms with E-state index in [9.17, 15) is 23.1 Å². The van der Waals surface area contributed by atoms with Crippen LogP contribution in [0.5, 0.6) is 0 Å². The highest BCUT2D eigenvalue weighted by molar-refractivity contribution is 5.95. The summed E-state index contributed by atoms with van der Waals surface area (Å²) in [7, 11) is 0. The van der Waals surface area contributed by atoms with E-state index < -0.39 is 29.4 Å². The second-order valence-electron chi connectivity index (χ2n) is 5.21. The van der Waals surface area contributed by atoms with Crippen molar-refractivity contribution >= 4 is 5.91 Å². The molecule has 0 aliphatic heterocycles. The molecular weight excluding hydrogens is 287 g/mol. The van der Waals surface area contributed by atoms with Crippen LogP contribution in [-0.2, 0) is 12.7 Å². The smallest absolute Gasteiger partial charge is 0.391 e. The van der Waals surface area contributed by atoms with E-state index in [-0.39, 0.29) is 19.0 Å². The van der Waals surface area contributed by atoms with Gasteiger partial charge in [-0.05, 0) is 19.3 Å². The first-order chi connectivity index (χ1) is 9.66. The number of hydrogen-bond donors (Lipinski definition) is 2. The second kappa shape index (κ2) is 6.93. The van der Waals surface area contributed by atoms with E-state index in [1.165, 1.54) is 6.92 Å². The molecule has 21 heavy (non-hydrogen) atoms. The Morgan fingerprint density at radius 3 is 2.57 bits per heavy atom. The monoisotopic (exact) mass is 307 g/mol. The highest BCUT2D eigenvalue weighted by Gasteiger charge is 2.39. The number of nitrogens with one attached hydrogen (secondary N) is 1. The van der Waals surface area contributed by atoms with E-state index in [0.29, 0.717) is 6.42 Å². The molecule has 0 saturated carbocycles. The first-order valence-electron chi connectivity index (χ1n) is 6.76. The summed E-state index contributed by atoms with van der Waals surface area (Å²) in [5, 5.41) is 15.5. The molecule has 120 valence electrons. The number of aliphatic hydroxyl groups excluding tert-OH is 1. The molecule has 1 atom stereocenters. The van der Waals surface area contributed by atoms with Crippen LogP contribution in [0.25, 0.3) is 0 Å². The van der Waals surface area contributed by atoms with Crippen LogP contribution in [0.15, 0.2) is 6.20 Å². The molecule has 1 aromatic heterocycles. The Kier molecular flexibility index (Phi) is 5.77. The van der Waals surface area contributed by atoms with Gasteiger partial charge in [0.05, 0.1) is 17.9 Å². The lowest BCUT2D eigenvalue weighted by Gasteiger charge is -2.15. The summed E-state index contributed by atoms with van der Waals surface area (Å²) >= 11 is 0. The summed E-state index contributed by atoms with van der Waals surface area (Å²) < 4.78 is 39.6. The largest absolute Gasteiger partial charge is 0.433 e. The van der Waals surface area contributed by atoms with Gasteiger partial charge in [-0.1, -0.05) is 13.8 Å². The zero-order valence-corrected chi connectivity index (χ0v) is 12.2. The quantitative estimate of drug-likeness (QED) is 0.845. The minimum atomic E-state index is -4.66. The summed E-state index contributed by atoms with van der Waals surface area (Å²) in [6.45, 7) is 5.23. The highest BCUT2D eigenvalue weighted by atomic mass is 19.4. The van der Waals surface area contributed by atoms with E-state index in [0.717, 1.165) is 10.9 Å². The summed E-state index contributed by atoms with van der Waals surface area (Å²) in [5.74, 6) is -0.657. The summed E-state index contributed by atoms with van der Waals surface area (Å²) in [6, 6.07) is 0. The fourth-order valence-corrected chi connectivity index (χ4v) is 2.02. The van der Waals surface area contributed by atoms with Crippen LogP contribution in [0, 0.1) is 5.92 Å². The lowest BCUT2D eigenvalue weighted by atomic mass is 10.1. The molecule has 5 nitrogen and oxygen atoms in total. The van der Waals surface area contributed by atoms with Crippen LogP contribution in [0.4, 0.5) is 13.2 Å². The Balaban J connectivity index is 2.82. The summed E-state index contributed by atoms with van der Waals surface area (Å²) in [6.07, 6.45) is -4.09. The molecule has 1 heterocycles. The molecule has 1 amide bonds. The number of carbonyl (C=O) groups excluding carboxylic acids is 1. The number of carbonyl (C=O) groups is 1. The average molecular weight is 307 g/mol. The molecule has 0 saturated heterocycles. The van der Waals surface area contributed by atoms with Crippen molar-refractivity contribution in [3.63, 3.8) is 0 Å². The summed E-state index contributed by atoms with van der Waals surface area (Å²) in [4.78, 5) is 11.9. The number of hydrogen-bond acceptors (Lipinski definition) is 3. The fraction of sp³-hybridized carbons (Fsp3) is 0.692. The molecule has 1 aromatic rings. The number of aliphatic hydroxyl groups is 1. The van der Waals surface area contributed by atoms with Gasteiger partial charge in [-0.2, -0.15) is 18.3 Å². The third-order valence-electron chi connectivity index (χ3n) is 2.89. The number of aromatic nitrogens is 2. The van der Waals surface area contributed by atoms with Crippen molar-refractivity contribution < 1.29 is 23.1 Å². The molecule has 0 bridgehead atoms. The van der Waals surface area contributed by atoms with Crippen LogP contribution >= 0.6 is 0 Å².